The lowest BCUT2D eigenvalue weighted by atomic mass is 10.2. The number of aldehydes is 1. The number of halogens is 4. The molecule has 0 atom stereocenters. The van der Waals surface area contributed by atoms with Gasteiger partial charge in [0.15, 0.2) is 6.29 Å². The Balaban J connectivity index is 3.34. The third-order valence-electron chi connectivity index (χ3n) is 1.57. The maximum atomic E-state index is 12.5. The van der Waals surface area contributed by atoms with Crippen LogP contribution in [0, 0.1) is 3.57 Å². The number of carbonyl (C=O) groups is 1. The molecule has 0 unspecified atom stereocenters. The van der Waals surface area contributed by atoms with Crippen LogP contribution >= 0.6 is 34.2 Å². The van der Waals surface area contributed by atoms with Crippen LogP contribution in [0.25, 0.3) is 0 Å². The van der Waals surface area contributed by atoms with E-state index in [1.165, 1.54) is 6.07 Å². The van der Waals surface area contributed by atoms with Gasteiger partial charge < -0.3 is 0 Å². The highest BCUT2D eigenvalue weighted by Gasteiger charge is 2.18. The Morgan fingerprint density at radius 1 is 1.64 bits per heavy atom. The lowest BCUT2D eigenvalue weighted by Crippen LogP contribution is -2.03. The summed E-state index contributed by atoms with van der Waals surface area (Å²) in [6.07, 6.45) is -2.11. The summed E-state index contributed by atoms with van der Waals surface area (Å²) < 4.78 is 25.3. The second-order valence-corrected chi connectivity index (χ2v) is 3.87. The predicted molar refractivity (Wildman–Crippen MR) is 56.9 cm³/mol. The maximum absolute atomic E-state index is 12.5. The van der Waals surface area contributed by atoms with E-state index in [-0.39, 0.29) is 22.8 Å². The van der Waals surface area contributed by atoms with Gasteiger partial charge in [-0.3, -0.25) is 4.79 Å². The van der Waals surface area contributed by atoms with Gasteiger partial charge in [-0.2, -0.15) is 0 Å². The summed E-state index contributed by atoms with van der Waals surface area (Å²) in [7, 11) is 0. The molecule has 1 heterocycles. The molecule has 76 valence electrons. The first kappa shape index (κ1) is 11.8. The van der Waals surface area contributed by atoms with Gasteiger partial charge in [0.2, 0.25) is 0 Å². The molecular formula is C8H5ClF2INO. The number of alkyl halides is 3. The minimum absolute atomic E-state index is 0.0654. The molecule has 0 radical (unpaired) electrons. The molecule has 0 spiro atoms. The van der Waals surface area contributed by atoms with E-state index < -0.39 is 6.43 Å². The van der Waals surface area contributed by atoms with E-state index in [0.717, 1.165) is 0 Å². The van der Waals surface area contributed by atoms with Crippen LogP contribution in [0.1, 0.15) is 28.2 Å². The molecule has 0 saturated carbocycles. The number of nitrogens with zero attached hydrogens (tertiary/aromatic N) is 1. The number of pyridine rings is 1. The molecule has 0 aromatic carbocycles. The summed E-state index contributed by atoms with van der Waals surface area (Å²) in [5.74, 6) is -0.128. The molecular weight excluding hydrogens is 326 g/mol. The number of rotatable bonds is 3. The van der Waals surface area contributed by atoms with E-state index in [1.807, 2.05) is 0 Å². The lowest BCUT2D eigenvalue weighted by Gasteiger charge is -2.08. The predicted octanol–water partition coefficient (Wildman–Crippen LogP) is 3.18. The van der Waals surface area contributed by atoms with Crippen molar-refractivity contribution >= 4 is 40.5 Å². The number of hydrogen-bond acceptors (Lipinski definition) is 2. The fourth-order valence-corrected chi connectivity index (χ4v) is 2.06. The third-order valence-corrected chi connectivity index (χ3v) is 2.72. The molecule has 1 rings (SSSR count). The molecule has 0 aliphatic carbocycles. The topological polar surface area (TPSA) is 30.0 Å². The van der Waals surface area contributed by atoms with Crippen LogP contribution in [0.5, 0.6) is 0 Å². The molecule has 14 heavy (non-hydrogen) atoms. The van der Waals surface area contributed by atoms with Gasteiger partial charge in [-0.25, -0.2) is 13.8 Å². The van der Waals surface area contributed by atoms with E-state index in [4.69, 9.17) is 11.6 Å². The average molecular weight is 331 g/mol. The van der Waals surface area contributed by atoms with Crippen LogP contribution in [0.3, 0.4) is 0 Å². The molecule has 0 saturated heterocycles. The highest BCUT2D eigenvalue weighted by molar-refractivity contribution is 14.1. The number of aromatic nitrogens is 1. The summed E-state index contributed by atoms with van der Waals surface area (Å²) in [6, 6.07) is 1.31. The highest BCUT2D eigenvalue weighted by Crippen LogP contribution is 2.28. The second kappa shape index (κ2) is 4.97. The first-order chi connectivity index (χ1) is 6.60. The second-order valence-electron chi connectivity index (χ2n) is 2.44. The quantitative estimate of drug-likeness (QED) is 0.484. The molecule has 2 nitrogen and oxygen atoms in total. The smallest absolute Gasteiger partial charge is 0.266 e. The van der Waals surface area contributed by atoms with E-state index in [2.05, 4.69) is 4.98 Å². The van der Waals surface area contributed by atoms with Crippen molar-refractivity contribution in [2.75, 3.05) is 0 Å². The first-order valence-electron chi connectivity index (χ1n) is 3.58. The van der Waals surface area contributed by atoms with Crippen molar-refractivity contribution in [2.45, 2.75) is 12.3 Å². The van der Waals surface area contributed by atoms with Crippen LogP contribution in [0.15, 0.2) is 6.07 Å². The van der Waals surface area contributed by atoms with Crippen molar-refractivity contribution in [2.24, 2.45) is 0 Å². The maximum Gasteiger partial charge on any atom is 0.266 e. The highest BCUT2D eigenvalue weighted by atomic mass is 127. The minimum atomic E-state index is -2.62. The van der Waals surface area contributed by atoms with Crippen molar-refractivity contribution in [3.8, 4) is 0 Å². The summed E-state index contributed by atoms with van der Waals surface area (Å²) in [6.45, 7) is 0. The van der Waals surface area contributed by atoms with Gasteiger partial charge in [0.05, 0.1) is 17.1 Å². The SMILES string of the molecule is O=Cc1cc(I)c(C(F)F)c(CCl)n1. The van der Waals surface area contributed by atoms with Crippen molar-refractivity contribution in [1.82, 2.24) is 4.98 Å². The zero-order valence-electron chi connectivity index (χ0n) is 6.81. The van der Waals surface area contributed by atoms with Crippen molar-refractivity contribution < 1.29 is 13.6 Å². The van der Waals surface area contributed by atoms with E-state index in [1.54, 1.807) is 22.6 Å². The van der Waals surface area contributed by atoms with Gasteiger partial charge in [-0.05, 0) is 28.7 Å². The summed E-state index contributed by atoms with van der Waals surface area (Å²) in [5.41, 5.74) is -0.00341. The van der Waals surface area contributed by atoms with Crippen LogP contribution in [-0.4, -0.2) is 11.3 Å². The molecule has 0 fully saturated rings. The van der Waals surface area contributed by atoms with E-state index in [9.17, 15) is 13.6 Å². The fourth-order valence-electron chi connectivity index (χ4n) is 0.986. The van der Waals surface area contributed by atoms with Gasteiger partial charge >= 0.3 is 0 Å². The van der Waals surface area contributed by atoms with Crippen LogP contribution in [0.4, 0.5) is 8.78 Å². The molecule has 0 aliphatic heterocycles. The Labute approximate surface area is 97.8 Å². The Hall–Kier alpha value is -0.300. The van der Waals surface area contributed by atoms with Crippen LogP contribution < -0.4 is 0 Å². The zero-order chi connectivity index (χ0) is 10.7. The molecule has 1 aromatic heterocycles. The monoisotopic (exact) mass is 331 g/mol. The standard InChI is InChI=1S/C8H5ClF2INO/c9-2-6-7(8(10)11)5(12)1-4(3-14)13-6/h1,3,8H,2H2. The summed E-state index contributed by atoms with van der Waals surface area (Å²) in [5, 5.41) is 0. The van der Waals surface area contributed by atoms with Gasteiger partial charge in [0, 0.05) is 3.57 Å². The summed E-state index contributed by atoms with van der Waals surface area (Å²) in [4.78, 5) is 14.1. The zero-order valence-corrected chi connectivity index (χ0v) is 9.72. The third kappa shape index (κ3) is 2.38. The van der Waals surface area contributed by atoms with Crippen molar-refractivity contribution in [1.29, 1.82) is 0 Å². The van der Waals surface area contributed by atoms with Crippen molar-refractivity contribution in [3.05, 3.63) is 26.6 Å². The average Bonchev–Trinajstić information content (AvgIpc) is 2.15. The Kier molecular flexibility index (Phi) is 4.18. The minimum Gasteiger partial charge on any atom is -0.296 e. The first-order valence-corrected chi connectivity index (χ1v) is 5.20. The van der Waals surface area contributed by atoms with Crippen LogP contribution in [-0.2, 0) is 5.88 Å². The Bertz CT molecular complexity index is 359. The number of carbonyl (C=O) groups excluding carboxylic acids is 1. The molecule has 0 aliphatic rings. The number of hydrogen-bond donors (Lipinski definition) is 0. The Morgan fingerprint density at radius 2 is 2.29 bits per heavy atom. The van der Waals surface area contributed by atoms with Gasteiger partial charge in [0.1, 0.15) is 5.69 Å². The largest absolute Gasteiger partial charge is 0.296 e. The van der Waals surface area contributed by atoms with Gasteiger partial charge in [0.25, 0.3) is 6.43 Å². The fraction of sp³-hybridized carbons (Fsp3) is 0.250. The molecule has 0 N–H and O–H groups in total. The van der Waals surface area contributed by atoms with Gasteiger partial charge in [-0.1, -0.05) is 0 Å². The van der Waals surface area contributed by atoms with E-state index in [0.29, 0.717) is 9.86 Å². The van der Waals surface area contributed by atoms with E-state index >= 15 is 0 Å². The van der Waals surface area contributed by atoms with Gasteiger partial charge in [-0.15, -0.1) is 11.6 Å². The Morgan fingerprint density at radius 3 is 2.71 bits per heavy atom. The molecule has 1 aromatic rings. The van der Waals surface area contributed by atoms with Crippen molar-refractivity contribution in [3.63, 3.8) is 0 Å². The molecule has 0 amide bonds. The lowest BCUT2D eigenvalue weighted by molar-refractivity contribution is 0.111. The molecule has 6 heteroatoms. The summed E-state index contributed by atoms with van der Waals surface area (Å²) >= 11 is 7.20. The van der Waals surface area contributed by atoms with Crippen LogP contribution in [0.2, 0.25) is 0 Å². The normalized spacial score (nSPS) is 10.6. The molecule has 0 bridgehead atoms.